The third-order valence-corrected chi connectivity index (χ3v) is 2.78. The number of ketones is 1. The van der Waals surface area contributed by atoms with Gasteiger partial charge >= 0.3 is 0 Å². The van der Waals surface area contributed by atoms with Crippen molar-refractivity contribution in [1.82, 2.24) is 4.90 Å². The molecule has 0 aromatic heterocycles. The van der Waals surface area contributed by atoms with Crippen molar-refractivity contribution in [2.75, 3.05) is 32.1 Å². The minimum absolute atomic E-state index is 0.0716. The van der Waals surface area contributed by atoms with E-state index in [2.05, 4.69) is 0 Å². The molecule has 1 heterocycles. The van der Waals surface area contributed by atoms with E-state index in [-0.39, 0.29) is 17.8 Å². The van der Waals surface area contributed by atoms with Crippen LogP contribution in [-0.2, 0) is 4.79 Å². The van der Waals surface area contributed by atoms with Crippen molar-refractivity contribution in [1.29, 1.82) is 0 Å². The monoisotopic (exact) mass is 254 g/mol. The third-order valence-electron chi connectivity index (χ3n) is 2.78. The van der Waals surface area contributed by atoms with Gasteiger partial charge in [0, 0.05) is 19.2 Å². The lowest BCUT2D eigenvalue weighted by Crippen LogP contribution is -2.35. The summed E-state index contributed by atoms with van der Waals surface area (Å²) in [6.45, 7) is 0.785. The second-order valence-electron chi connectivity index (χ2n) is 4.37. The number of carbonyl (C=O) groups excluding carboxylic acids is 2. The molecule has 1 aliphatic rings. The molecule has 0 fully saturated rings. The summed E-state index contributed by atoms with van der Waals surface area (Å²) in [7, 11) is 3.63. The number of rotatable bonds is 3. The number of fused-ring (bicyclic) bond motifs is 1. The lowest BCUT2D eigenvalue weighted by molar-refractivity contribution is -0.114. The van der Waals surface area contributed by atoms with Gasteiger partial charge in [-0.15, -0.1) is 0 Å². The van der Waals surface area contributed by atoms with Crippen molar-refractivity contribution < 1.29 is 18.4 Å². The third kappa shape index (κ3) is 1.99. The van der Waals surface area contributed by atoms with Crippen molar-refractivity contribution in [3.05, 3.63) is 29.3 Å². The molecule has 6 heteroatoms. The van der Waals surface area contributed by atoms with Crippen LogP contribution in [0.5, 0.6) is 0 Å². The second kappa shape index (κ2) is 4.45. The molecule has 0 spiro atoms. The van der Waals surface area contributed by atoms with Crippen molar-refractivity contribution in [2.24, 2.45) is 0 Å². The van der Waals surface area contributed by atoms with Crippen molar-refractivity contribution in [3.63, 3.8) is 0 Å². The van der Waals surface area contributed by atoms with Crippen LogP contribution in [0.25, 0.3) is 0 Å². The van der Waals surface area contributed by atoms with E-state index < -0.39 is 23.3 Å². The summed E-state index contributed by atoms with van der Waals surface area (Å²) in [5, 5.41) is 0. The SMILES string of the molecule is CN(C)CCN1C(=O)C(=O)c2cc(F)c(F)cc21. The Balaban J connectivity index is 2.38. The maximum Gasteiger partial charge on any atom is 0.299 e. The quantitative estimate of drug-likeness (QED) is 0.757. The van der Waals surface area contributed by atoms with E-state index in [0.717, 1.165) is 12.1 Å². The zero-order valence-electron chi connectivity index (χ0n) is 10.0. The number of carbonyl (C=O) groups is 2. The molecule has 0 saturated heterocycles. The zero-order chi connectivity index (χ0) is 13.4. The highest BCUT2D eigenvalue weighted by molar-refractivity contribution is 6.52. The maximum atomic E-state index is 13.2. The van der Waals surface area contributed by atoms with E-state index in [9.17, 15) is 18.4 Å². The van der Waals surface area contributed by atoms with Gasteiger partial charge in [0.2, 0.25) is 0 Å². The molecule has 0 atom stereocenters. The Morgan fingerprint density at radius 1 is 1.17 bits per heavy atom. The molecule has 1 aromatic rings. The molecule has 0 unspecified atom stereocenters. The first-order valence-electron chi connectivity index (χ1n) is 5.42. The number of hydrogen-bond acceptors (Lipinski definition) is 3. The Kier molecular flexibility index (Phi) is 3.13. The molecule has 0 bridgehead atoms. The molecule has 1 amide bonds. The Morgan fingerprint density at radius 2 is 1.78 bits per heavy atom. The highest BCUT2D eigenvalue weighted by Gasteiger charge is 2.36. The number of Topliss-reactive ketones (excluding diaryl/α,β-unsaturated/α-hetero) is 1. The predicted octanol–water partition coefficient (Wildman–Crippen LogP) is 1.06. The number of benzene rings is 1. The molecular formula is C12H12F2N2O2. The fourth-order valence-corrected chi connectivity index (χ4v) is 1.81. The molecule has 0 N–H and O–H groups in total. The number of halogens is 2. The average Bonchev–Trinajstić information content (AvgIpc) is 2.51. The van der Waals surface area contributed by atoms with Gasteiger partial charge in [0.05, 0.1) is 11.3 Å². The number of anilines is 1. The van der Waals surface area contributed by atoms with Gasteiger partial charge < -0.3 is 9.80 Å². The predicted molar refractivity (Wildman–Crippen MR) is 61.6 cm³/mol. The highest BCUT2D eigenvalue weighted by Crippen LogP contribution is 2.30. The smallest absolute Gasteiger partial charge is 0.299 e. The van der Waals surface area contributed by atoms with Crippen LogP contribution >= 0.6 is 0 Å². The van der Waals surface area contributed by atoms with Gasteiger partial charge in [-0.2, -0.15) is 0 Å². The number of hydrogen-bond donors (Lipinski definition) is 0. The number of amides is 1. The summed E-state index contributed by atoms with van der Waals surface area (Å²) in [5.41, 5.74) is 0.0726. The van der Waals surface area contributed by atoms with Crippen LogP contribution in [0.1, 0.15) is 10.4 Å². The molecule has 4 nitrogen and oxygen atoms in total. The van der Waals surface area contributed by atoms with E-state index in [1.807, 2.05) is 19.0 Å². The van der Waals surface area contributed by atoms with Gasteiger partial charge in [-0.05, 0) is 20.2 Å². The van der Waals surface area contributed by atoms with E-state index in [4.69, 9.17) is 0 Å². The molecule has 18 heavy (non-hydrogen) atoms. The summed E-state index contributed by atoms with van der Waals surface area (Å²) in [6, 6.07) is 1.67. The Labute approximate surface area is 103 Å². The van der Waals surface area contributed by atoms with Crippen LogP contribution < -0.4 is 4.90 Å². The molecule has 0 saturated carbocycles. The minimum Gasteiger partial charge on any atom is -0.308 e. The molecule has 1 aliphatic heterocycles. The van der Waals surface area contributed by atoms with Crippen molar-refractivity contribution >= 4 is 17.4 Å². The average molecular weight is 254 g/mol. The summed E-state index contributed by atoms with van der Waals surface area (Å²) >= 11 is 0. The van der Waals surface area contributed by atoms with Crippen LogP contribution in [0.2, 0.25) is 0 Å². The molecule has 2 rings (SSSR count). The van der Waals surface area contributed by atoms with E-state index >= 15 is 0 Å². The molecule has 1 aromatic carbocycles. The molecular weight excluding hydrogens is 242 g/mol. The first-order chi connectivity index (χ1) is 8.41. The van der Waals surface area contributed by atoms with Crippen LogP contribution in [0.3, 0.4) is 0 Å². The van der Waals surface area contributed by atoms with E-state index in [1.165, 1.54) is 4.90 Å². The molecule has 0 aliphatic carbocycles. The lowest BCUT2D eigenvalue weighted by atomic mass is 10.1. The maximum absolute atomic E-state index is 13.2. The lowest BCUT2D eigenvalue weighted by Gasteiger charge is -2.19. The van der Waals surface area contributed by atoms with Gasteiger partial charge in [-0.3, -0.25) is 9.59 Å². The molecule has 0 radical (unpaired) electrons. The van der Waals surface area contributed by atoms with Crippen LogP contribution in [0.4, 0.5) is 14.5 Å². The van der Waals surface area contributed by atoms with Gasteiger partial charge in [-0.1, -0.05) is 0 Å². The van der Waals surface area contributed by atoms with Gasteiger partial charge in [-0.25, -0.2) is 8.78 Å². The number of likely N-dealkylation sites (N-methyl/N-ethyl adjacent to an activating group) is 1. The number of nitrogens with zero attached hydrogens (tertiary/aromatic N) is 2. The second-order valence-corrected chi connectivity index (χ2v) is 4.37. The normalized spacial score (nSPS) is 14.6. The Bertz CT molecular complexity index is 529. The molecule has 96 valence electrons. The van der Waals surface area contributed by atoms with E-state index in [1.54, 1.807) is 0 Å². The van der Waals surface area contributed by atoms with Crippen LogP contribution in [0.15, 0.2) is 12.1 Å². The minimum atomic E-state index is -1.12. The fourth-order valence-electron chi connectivity index (χ4n) is 1.81. The summed E-state index contributed by atoms with van der Waals surface area (Å²) < 4.78 is 26.2. The first kappa shape index (κ1) is 12.6. The summed E-state index contributed by atoms with van der Waals surface area (Å²) in [5.74, 6) is -3.71. The van der Waals surface area contributed by atoms with Gasteiger partial charge in [0.25, 0.3) is 11.7 Å². The topological polar surface area (TPSA) is 40.6 Å². The fraction of sp³-hybridized carbons (Fsp3) is 0.333. The van der Waals surface area contributed by atoms with Crippen LogP contribution in [-0.4, -0.2) is 43.8 Å². The zero-order valence-corrected chi connectivity index (χ0v) is 10.0. The van der Waals surface area contributed by atoms with Crippen molar-refractivity contribution in [2.45, 2.75) is 0 Å². The Morgan fingerprint density at radius 3 is 2.39 bits per heavy atom. The van der Waals surface area contributed by atoms with Crippen molar-refractivity contribution in [3.8, 4) is 0 Å². The summed E-state index contributed by atoms with van der Waals surface area (Å²) in [4.78, 5) is 26.3. The standard InChI is InChI=1S/C12H12F2N2O2/c1-15(2)3-4-16-10-6-9(14)8(13)5-7(10)11(17)12(16)18/h5-6H,3-4H2,1-2H3. The van der Waals surface area contributed by atoms with Crippen LogP contribution in [0, 0.1) is 11.6 Å². The Hall–Kier alpha value is -1.82. The largest absolute Gasteiger partial charge is 0.308 e. The van der Waals surface area contributed by atoms with Gasteiger partial charge in [0.15, 0.2) is 11.6 Å². The van der Waals surface area contributed by atoms with E-state index in [0.29, 0.717) is 6.54 Å². The highest BCUT2D eigenvalue weighted by atomic mass is 19.2. The first-order valence-corrected chi connectivity index (χ1v) is 5.42. The summed E-state index contributed by atoms with van der Waals surface area (Å²) in [6.07, 6.45) is 0. The van der Waals surface area contributed by atoms with Gasteiger partial charge in [0.1, 0.15) is 0 Å².